The molecule has 34 heavy (non-hydrogen) atoms. The van der Waals surface area contributed by atoms with Gasteiger partial charge in [-0.05, 0) is 42.3 Å². The Kier molecular flexibility index (Phi) is 7.46. The van der Waals surface area contributed by atoms with Gasteiger partial charge in [0, 0.05) is 51.9 Å². The number of nitrogens with zero attached hydrogens (tertiary/aromatic N) is 3. The Labute approximate surface area is 202 Å². The van der Waals surface area contributed by atoms with Crippen molar-refractivity contribution in [2.45, 2.75) is 24.9 Å². The number of rotatable bonds is 7. The van der Waals surface area contributed by atoms with E-state index in [0.29, 0.717) is 49.7 Å². The van der Waals surface area contributed by atoms with Gasteiger partial charge in [-0.1, -0.05) is 60.2 Å². The van der Waals surface area contributed by atoms with Crippen LogP contribution in [0.2, 0.25) is 0 Å². The van der Waals surface area contributed by atoms with Crippen molar-refractivity contribution >= 4 is 15.9 Å². The fraction of sp³-hybridized carbons (Fsp3) is 0.296. The molecule has 0 saturated carbocycles. The number of piperazine rings is 1. The van der Waals surface area contributed by atoms with Crippen molar-refractivity contribution < 1.29 is 13.2 Å². The molecule has 178 valence electrons. The third kappa shape index (κ3) is 5.73. The maximum absolute atomic E-state index is 12.9. The maximum Gasteiger partial charge on any atom is 0.253 e. The Hall–Kier alpha value is -3.00. The van der Waals surface area contributed by atoms with Crippen LogP contribution in [0.4, 0.5) is 0 Å². The van der Waals surface area contributed by atoms with E-state index in [2.05, 4.69) is 4.90 Å². The Morgan fingerprint density at radius 2 is 1.50 bits per heavy atom. The van der Waals surface area contributed by atoms with Crippen molar-refractivity contribution in [1.29, 1.82) is 0 Å². The summed E-state index contributed by atoms with van der Waals surface area (Å²) < 4.78 is 27.4. The van der Waals surface area contributed by atoms with Gasteiger partial charge in [-0.25, -0.2) is 8.42 Å². The van der Waals surface area contributed by atoms with Crippen LogP contribution in [-0.4, -0.2) is 61.7 Å². The van der Waals surface area contributed by atoms with Crippen LogP contribution in [0.25, 0.3) is 0 Å². The standard InChI is InChI=1S/C27H31N3O3S/c1-22-11-13-26(14-12-22)34(32,33)30-17-15-29(16-18-30)21-24-9-6-10-25(19-24)27(31)28(2)20-23-7-4-3-5-8-23/h3-14,19H,15-18,20-21H2,1-2H3. The van der Waals surface area contributed by atoms with E-state index in [1.54, 1.807) is 21.3 Å². The number of hydrogen-bond donors (Lipinski definition) is 0. The second-order valence-electron chi connectivity index (χ2n) is 8.84. The average Bonchev–Trinajstić information content (AvgIpc) is 2.85. The first-order valence-corrected chi connectivity index (χ1v) is 12.9. The number of amides is 1. The summed E-state index contributed by atoms with van der Waals surface area (Å²) in [5, 5.41) is 0. The zero-order valence-electron chi connectivity index (χ0n) is 19.7. The summed E-state index contributed by atoms with van der Waals surface area (Å²) in [5.41, 5.74) is 3.84. The number of benzene rings is 3. The number of carbonyl (C=O) groups excluding carboxylic acids is 1. The molecule has 3 aromatic rings. The van der Waals surface area contributed by atoms with E-state index in [1.165, 1.54) is 0 Å². The molecular formula is C27H31N3O3S. The van der Waals surface area contributed by atoms with Gasteiger partial charge in [0.15, 0.2) is 0 Å². The van der Waals surface area contributed by atoms with Gasteiger partial charge >= 0.3 is 0 Å². The lowest BCUT2D eigenvalue weighted by Gasteiger charge is -2.34. The zero-order valence-corrected chi connectivity index (χ0v) is 20.5. The average molecular weight is 478 g/mol. The lowest BCUT2D eigenvalue weighted by atomic mass is 10.1. The molecule has 1 saturated heterocycles. The van der Waals surface area contributed by atoms with Crippen molar-refractivity contribution in [3.05, 3.63) is 101 Å². The minimum Gasteiger partial charge on any atom is -0.337 e. The minimum absolute atomic E-state index is 0.0142. The van der Waals surface area contributed by atoms with Gasteiger partial charge in [0.05, 0.1) is 4.90 Å². The Bertz CT molecular complexity index is 1220. The number of sulfonamides is 1. The van der Waals surface area contributed by atoms with Crippen molar-refractivity contribution in [2.24, 2.45) is 0 Å². The van der Waals surface area contributed by atoms with Crippen LogP contribution in [0, 0.1) is 6.92 Å². The highest BCUT2D eigenvalue weighted by Gasteiger charge is 2.28. The Morgan fingerprint density at radius 3 is 2.18 bits per heavy atom. The largest absolute Gasteiger partial charge is 0.337 e. The molecule has 0 radical (unpaired) electrons. The number of aryl methyl sites for hydroxylation is 1. The van der Waals surface area contributed by atoms with Crippen LogP contribution in [0.1, 0.15) is 27.0 Å². The van der Waals surface area contributed by atoms with Gasteiger partial charge in [-0.15, -0.1) is 0 Å². The fourth-order valence-electron chi connectivity index (χ4n) is 4.20. The van der Waals surface area contributed by atoms with Crippen LogP contribution >= 0.6 is 0 Å². The summed E-state index contributed by atoms with van der Waals surface area (Å²) in [4.78, 5) is 17.2. The van der Waals surface area contributed by atoms with E-state index in [1.807, 2.05) is 80.7 Å². The predicted molar refractivity (Wildman–Crippen MR) is 134 cm³/mol. The molecule has 0 atom stereocenters. The summed E-state index contributed by atoms with van der Waals surface area (Å²) in [7, 11) is -1.66. The van der Waals surface area contributed by atoms with E-state index >= 15 is 0 Å². The predicted octanol–water partition coefficient (Wildman–Crippen LogP) is 3.77. The summed E-state index contributed by atoms with van der Waals surface area (Å²) in [6.45, 7) is 5.39. The van der Waals surface area contributed by atoms with E-state index in [-0.39, 0.29) is 5.91 Å². The maximum atomic E-state index is 12.9. The van der Waals surface area contributed by atoms with Crippen LogP contribution in [-0.2, 0) is 23.1 Å². The summed E-state index contributed by atoms with van der Waals surface area (Å²) in [5.74, 6) is -0.0142. The molecule has 6 nitrogen and oxygen atoms in total. The van der Waals surface area contributed by atoms with Crippen molar-refractivity contribution in [2.75, 3.05) is 33.2 Å². The highest BCUT2D eigenvalue weighted by Crippen LogP contribution is 2.19. The molecular weight excluding hydrogens is 446 g/mol. The van der Waals surface area contributed by atoms with Crippen LogP contribution in [0.5, 0.6) is 0 Å². The molecule has 1 heterocycles. The first-order chi connectivity index (χ1) is 16.3. The number of carbonyl (C=O) groups is 1. The van der Waals surface area contributed by atoms with E-state index in [0.717, 1.165) is 16.7 Å². The van der Waals surface area contributed by atoms with Gasteiger partial charge in [-0.2, -0.15) is 4.31 Å². The molecule has 0 spiro atoms. The summed E-state index contributed by atoms with van der Waals surface area (Å²) in [6.07, 6.45) is 0. The molecule has 3 aromatic carbocycles. The smallest absolute Gasteiger partial charge is 0.253 e. The van der Waals surface area contributed by atoms with Gasteiger partial charge in [-0.3, -0.25) is 9.69 Å². The molecule has 1 aliphatic heterocycles. The lowest BCUT2D eigenvalue weighted by molar-refractivity contribution is 0.0784. The molecule has 0 aliphatic carbocycles. The Morgan fingerprint density at radius 1 is 0.853 bits per heavy atom. The lowest BCUT2D eigenvalue weighted by Crippen LogP contribution is -2.48. The molecule has 7 heteroatoms. The van der Waals surface area contributed by atoms with E-state index < -0.39 is 10.0 Å². The minimum atomic E-state index is -3.47. The van der Waals surface area contributed by atoms with Crippen molar-refractivity contribution in [1.82, 2.24) is 14.1 Å². The normalized spacial score (nSPS) is 15.2. The van der Waals surface area contributed by atoms with E-state index in [4.69, 9.17) is 0 Å². The van der Waals surface area contributed by atoms with Crippen molar-refractivity contribution in [3.8, 4) is 0 Å². The molecule has 1 amide bonds. The SMILES string of the molecule is Cc1ccc(S(=O)(=O)N2CCN(Cc3cccc(C(=O)N(C)Cc4ccccc4)c3)CC2)cc1. The van der Waals surface area contributed by atoms with E-state index in [9.17, 15) is 13.2 Å². The monoisotopic (exact) mass is 477 g/mol. The quantitative estimate of drug-likeness (QED) is 0.520. The van der Waals surface area contributed by atoms with Crippen LogP contribution in [0.15, 0.2) is 83.8 Å². The van der Waals surface area contributed by atoms with Crippen LogP contribution in [0.3, 0.4) is 0 Å². The highest BCUT2D eigenvalue weighted by atomic mass is 32.2. The molecule has 1 fully saturated rings. The third-order valence-electron chi connectivity index (χ3n) is 6.18. The number of hydrogen-bond acceptors (Lipinski definition) is 4. The second kappa shape index (κ2) is 10.5. The van der Waals surface area contributed by atoms with Gasteiger partial charge in [0.25, 0.3) is 5.91 Å². The highest BCUT2D eigenvalue weighted by molar-refractivity contribution is 7.89. The molecule has 0 unspecified atom stereocenters. The molecule has 1 aliphatic rings. The molecule has 0 aromatic heterocycles. The first kappa shape index (κ1) is 24.1. The van der Waals surface area contributed by atoms with Gasteiger partial charge in [0.2, 0.25) is 10.0 Å². The van der Waals surface area contributed by atoms with Crippen molar-refractivity contribution in [3.63, 3.8) is 0 Å². The topological polar surface area (TPSA) is 60.9 Å². The zero-order chi connectivity index (χ0) is 24.1. The van der Waals surface area contributed by atoms with Gasteiger partial charge in [0.1, 0.15) is 0 Å². The summed E-state index contributed by atoms with van der Waals surface area (Å²) >= 11 is 0. The van der Waals surface area contributed by atoms with Crippen LogP contribution < -0.4 is 0 Å². The second-order valence-corrected chi connectivity index (χ2v) is 10.8. The van der Waals surface area contributed by atoms with Gasteiger partial charge < -0.3 is 4.90 Å². The molecule has 4 rings (SSSR count). The third-order valence-corrected chi connectivity index (χ3v) is 8.09. The fourth-order valence-corrected chi connectivity index (χ4v) is 5.62. The molecule has 0 N–H and O–H groups in total. The first-order valence-electron chi connectivity index (χ1n) is 11.5. The molecule has 0 bridgehead atoms. The Balaban J connectivity index is 1.35. The summed E-state index contributed by atoms with van der Waals surface area (Å²) in [6, 6.07) is 24.7.